The van der Waals surface area contributed by atoms with Gasteiger partial charge < -0.3 is 17.3 Å². The molecule has 0 aromatic heterocycles. The second-order valence-electron chi connectivity index (χ2n) is 3.13. The molecule has 0 aromatic rings. The van der Waals surface area contributed by atoms with Gasteiger partial charge in [-0.2, -0.15) is 23.5 Å². The Labute approximate surface area is 119 Å². The quantitative estimate of drug-likeness (QED) is 0.390. The Morgan fingerprint density at radius 2 is 0.812 bits per heavy atom. The predicted octanol–water partition coefficient (Wildman–Crippen LogP) is 4.32. The van der Waals surface area contributed by atoms with E-state index in [-0.39, 0.29) is 22.4 Å². The maximum absolute atomic E-state index is 9.75. The average molecular weight is 460 g/mol. The minimum atomic E-state index is -6.00. The van der Waals surface area contributed by atoms with E-state index in [0.717, 1.165) is 0 Å². The van der Waals surface area contributed by atoms with Gasteiger partial charge in [-0.15, -0.1) is 0 Å². The average Bonchev–Trinajstić information content (AvgIpc) is 2.81. The van der Waals surface area contributed by atoms with Gasteiger partial charge >= 0.3 is 29.6 Å². The number of thioether (sulfide) groups is 2. The van der Waals surface area contributed by atoms with Crippen molar-refractivity contribution in [1.29, 1.82) is 0 Å². The molecular formula is C8H16AuBF4S2. The van der Waals surface area contributed by atoms with Crippen LogP contribution in [0.4, 0.5) is 17.3 Å². The molecule has 0 radical (unpaired) electrons. The Bertz CT molecular complexity index is 109. The molecule has 0 atom stereocenters. The molecule has 102 valence electrons. The van der Waals surface area contributed by atoms with E-state index in [2.05, 4.69) is 23.5 Å². The maximum atomic E-state index is 9.75. The van der Waals surface area contributed by atoms with E-state index in [0.29, 0.717) is 0 Å². The standard InChI is InChI=1S/2C4H8S.Au.BF4/c2*1-2-4-5-3-1;;2-1(3,4)5/h2*1-4H2;;/q;;+1;-1. The summed E-state index contributed by atoms with van der Waals surface area (Å²) in [6.45, 7) is 0. The van der Waals surface area contributed by atoms with Gasteiger partial charge in [-0.3, -0.25) is 0 Å². The SMILES string of the molecule is C1CCSC1.C1CCSC1.F[B-](F)(F)F.[Au+]. The fourth-order valence-corrected chi connectivity index (χ4v) is 3.06. The molecule has 2 aliphatic rings. The second-order valence-corrected chi connectivity index (χ2v) is 5.58. The Hall–Kier alpha value is 1.23. The van der Waals surface area contributed by atoms with E-state index >= 15 is 0 Å². The molecule has 0 unspecified atom stereocenters. The molecule has 2 heterocycles. The maximum Gasteiger partial charge on any atom is 1.00 e. The van der Waals surface area contributed by atoms with Gasteiger partial charge in [0, 0.05) is 0 Å². The first-order valence-corrected chi connectivity index (χ1v) is 7.34. The molecule has 0 nitrogen and oxygen atoms in total. The fourth-order valence-electron chi connectivity index (χ4n) is 1.02. The molecule has 0 aromatic carbocycles. The molecule has 0 N–H and O–H groups in total. The van der Waals surface area contributed by atoms with Crippen molar-refractivity contribution in [3.05, 3.63) is 0 Å². The first-order valence-electron chi connectivity index (χ1n) is 5.03. The van der Waals surface area contributed by atoms with Crippen LogP contribution in [0.15, 0.2) is 0 Å². The van der Waals surface area contributed by atoms with Crippen molar-refractivity contribution in [3.63, 3.8) is 0 Å². The van der Waals surface area contributed by atoms with Crippen LogP contribution in [0.3, 0.4) is 0 Å². The van der Waals surface area contributed by atoms with Crippen molar-refractivity contribution in [2.24, 2.45) is 0 Å². The topological polar surface area (TPSA) is 0 Å². The molecule has 2 saturated heterocycles. The Morgan fingerprint density at radius 1 is 0.625 bits per heavy atom. The minimum absolute atomic E-state index is 0. The van der Waals surface area contributed by atoms with Crippen LogP contribution < -0.4 is 0 Å². The first kappa shape index (κ1) is 19.6. The van der Waals surface area contributed by atoms with Gasteiger partial charge in [0.2, 0.25) is 0 Å². The van der Waals surface area contributed by atoms with Gasteiger partial charge in [0.1, 0.15) is 0 Å². The van der Waals surface area contributed by atoms with Gasteiger partial charge in [0.15, 0.2) is 0 Å². The van der Waals surface area contributed by atoms with Crippen LogP contribution in [0.5, 0.6) is 0 Å². The van der Waals surface area contributed by atoms with Crippen molar-refractivity contribution < 1.29 is 39.6 Å². The van der Waals surface area contributed by atoms with Crippen LogP contribution >= 0.6 is 23.5 Å². The molecule has 0 bridgehead atoms. The first-order chi connectivity index (χ1) is 7.00. The van der Waals surface area contributed by atoms with E-state index in [9.17, 15) is 17.3 Å². The normalized spacial score (nSPS) is 18.8. The molecule has 0 saturated carbocycles. The smallest absolute Gasteiger partial charge is 0.418 e. The van der Waals surface area contributed by atoms with Crippen LogP contribution in [-0.2, 0) is 22.4 Å². The Kier molecular flexibility index (Phi) is 15.5. The van der Waals surface area contributed by atoms with Gasteiger partial charge in [-0.25, -0.2) is 0 Å². The zero-order valence-electron chi connectivity index (χ0n) is 8.86. The van der Waals surface area contributed by atoms with Gasteiger partial charge in [-0.1, -0.05) is 0 Å². The molecule has 0 amide bonds. The molecule has 16 heavy (non-hydrogen) atoms. The summed E-state index contributed by atoms with van der Waals surface area (Å²) in [7, 11) is -6.00. The molecule has 2 fully saturated rings. The largest absolute Gasteiger partial charge is 1.00 e. The van der Waals surface area contributed by atoms with Crippen molar-refractivity contribution in [1.82, 2.24) is 0 Å². The number of hydrogen-bond acceptors (Lipinski definition) is 2. The van der Waals surface area contributed by atoms with Crippen LogP contribution in [0.2, 0.25) is 0 Å². The summed E-state index contributed by atoms with van der Waals surface area (Å²) in [5.74, 6) is 5.67. The third kappa shape index (κ3) is 24.5. The predicted molar refractivity (Wildman–Crippen MR) is 63.3 cm³/mol. The third-order valence-electron chi connectivity index (χ3n) is 1.65. The minimum Gasteiger partial charge on any atom is -0.418 e. The van der Waals surface area contributed by atoms with Crippen molar-refractivity contribution in [2.75, 3.05) is 23.0 Å². The van der Waals surface area contributed by atoms with Crippen LogP contribution in [0.1, 0.15) is 25.7 Å². The summed E-state index contributed by atoms with van der Waals surface area (Å²) in [4.78, 5) is 0. The summed E-state index contributed by atoms with van der Waals surface area (Å²) in [6.07, 6.45) is 5.85. The summed E-state index contributed by atoms with van der Waals surface area (Å²) in [6, 6.07) is 0. The number of hydrogen-bond donors (Lipinski definition) is 0. The molecule has 8 heteroatoms. The van der Waals surface area contributed by atoms with E-state index in [4.69, 9.17) is 0 Å². The van der Waals surface area contributed by atoms with Crippen molar-refractivity contribution in [3.8, 4) is 0 Å². The van der Waals surface area contributed by atoms with Crippen LogP contribution in [-0.4, -0.2) is 30.3 Å². The zero-order chi connectivity index (χ0) is 11.6. The van der Waals surface area contributed by atoms with Crippen LogP contribution in [0.25, 0.3) is 0 Å². The van der Waals surface area contributed by atoms with E-state index in [1.165, 1.54) is 48.7 Å². The molecule has 2 aliphatic heterocycles. The summed E-state index contributed by atoms with van der Waals surface area (Å²) < 4.78 is 39.0. The number of rotatable bonds is 0. The zero-order valence-corrected chi connectivity index (χ0v) is 12.7. The van der Waals surface area contributed by atoms with Gasteiger partial charge in [-0.05, 0) is 48.7 Å². The second kappa shape index (κ2) is 12.7. The molecule has 0 aliphatic carbocycles. The van der Waals surface area contributed by atoms with E-state index in [1.807, 2.05) is 0 Å². The third-order valence-corrected chi connectivity index (χ3v) is 3.96. The van der Waals surface area contributed by atoms with E-state index < -0.39 is 7.25 Å². The van der Waals surface area contributed by atoms with Crippen molar-refractivity contribution >= 4 is 30.8 Å². The van der Waals surface area contributed by atoms with Gasteiger partial charge in [0.25, 0.3) is 0 Å². The fraction of sp³-hybridized carbons (Fsp3) is 1.00. The summed E-state index contributed by atoms with van der Waals surface area (Å²) in [5, 5.41) is 0. The molecular weight excluding hydrogens is 444 g/mol. The van der Waals surface area contributed by atoms with Crippen LogP contribution in [0, 0.1) is 0 Å². The van der Waals surface area contributed by atoms with Gasteiger partial charge in [0.05, 0.1) is 0 Å². The summed E-state index contributed by atoms with van der Waals surface area (Å²) in [5.41, 5.74) is 0. The summed E-state index contributed by atoms with van der Waals surface area (Å²) >= 11 is 4.15. The molecule has 2 rings (SSSR count). The Morgan fingerprint density at radius 3 is 0.875 bits per heavy atom. The monoisotopic (exact) mass is 460 g/mol. The van der Waals surface area contributed by atoms with Crippen molar-refractivity contribution in [2.45, 2.75) is 25.7 Å². The number of halogens is 4. The van der Waals surface area contributed by atoms with E-state index in [1.54, 1.807) is 0 Å². The Balaban J connectivity index is 0. The molecule has 0 spiro atoms.